The van der Waals surface area contributed by atoms with Crippen molar-refractivity contribution >= 4 is 5.97 Å². The summed E-state index contributed by atoms with van der Waals surface area (Å²) in [6.45, 7) is 0.468. The molecule has 0 heterocycles. The van der Waals surface area contributed by atoms with Crippen LogP contribution < -0.4 is 4.74 Å². The zero-order chi connectivity index (χ0) is 19.8. The molecule has 3 aromatic carbocycles. The first kappa shape index (κ1) is 19.6. The van der Waals surface area contributed by atoms with E-state index in [0.29, 0.717) is 13.0 Å². The van der Waals surface area contributed by atoms with Crippen molar-refractivity contribution in [2.24, 2.45) is 0 Å². The highest BCUT2D eigenvalue weighted by molar-refractivity contribution is 5.67. The second kappa shape index (κ2) is 9.72. The molecule has 3 rings (SSSR count). The van der Waals surface area contributed by atoms with E-state index in [-0.39, 0.29) is 13.0 Å². The molecule has 0 fully saturated rings. The fraction of sp³-hybridized carbons (Fsp3) is 0.208. The minimum absolute atomic E-state index is 0.0234. The van der Waals surface area contributed by atoms with Gasteiger partial charge in [0.05, 0.1) is 6.61 Å². The summed E-state index contributed by atoms with van der Waals surface area (Å²) in [6.07, 6.45) is 1.61. The fourth-order valence-electron chi connectivity index (χ4n) is 3.06. The van der Waals surface area contributed by atoms with Crippen molar-refractivity contribution in [1.82, 2.24) is 0 Å². The van der Waals surface area contributed by atoms with Crippen LogP contribution >= 0.6 is 0 Å². The van der Waals surface area contributed by atoms with Gasteiger partial charge in [-0.15, -0.1) is 0 Å². The first-order valence-corrected chi connectivity index (χ1v) is 9.37. The smallest absolute Gasteiger partial charge is 0.303 e. The first-order chi connectivity index (χ1) is 13.6. The minimum Gasteiger partial charge on any atom is -0.489 e. The standard InChI is InChI=1S/C24H24O4/c25-16-19-5-1-6-20(14-19)17-28-23-8-3-7-22(15-23)21-12-10-18(11-13-21)4-2-9-24(26)27/h1,3,5-8,10-15,25H,2,4,9,16-17H2,(H,26,27). The SMILES string of the molecule is O=C(O)CCCc1ccc(-c2cccc(OCc3cccc(CO)c3)c2)cc1. The molecular formula is C24H24O4. The molecule has 0 saturated carbocycles. The predicted octanol–water partition coefficient (Wildman–Crippen LogP) is 4.83. The zero-order valence-electron chi connectivity index (χ0n) is 15.7. The maximum atomic E-state index is 10.6. The van der Waals surface area contributed by atoms with E-state index in [0.717, 1.165) is 40.0 Å². The van der Waals surface area contributed by atoms with Crippen molar-refractivity contribution in [1.29, 1.82) is 0 Å². The average molecular weight is 376 g/mol. The van der Waals surface area contributed by atoms with Crippen LogP contribution in [0.3, 0.4) is 0 Å². The number of ether oxygens (including phenoxy) is 1. The molecule has 0 saturated heterocycles. The number of aliphatic hydroxyl groups is 1. The molecule has 0 radical (unpaired) electrons. The molecule has 0 aliphatic rings. The van der Waals surface area contributed by atoms with Gasteiger partial charge in [-0.3, -0.25) is 4.79 Å². The van der Waals surface area contributed by atoms with E-state index in [1.165, 1.54) is 0 Å². The third-order valence-electron chi connectivity index (χ3n) is 4.56. The third-order valence-corrected chi connectivity index (χ3v) is 4.56. The van der Waals surface area contributed by atoms with Gasteiger partial charge in [-0.05, 0) is 52.8 Å². The zero-order valence-corrected chi connectivity index (χ0v) is 15.7. The van der Waals surface area contributed by atoms with Gasteiger partial charge in [-0.2, -0.15) is 0 Å². The normalized spacial score (nSPS) is 10.6. The van der Waals surface area contributed by atoms with Crippen LogP contribution in [0.1, 0.15) is 29.5 Å². The molecule has 0 bridgehead atoms. The Kier molecular flexibility index (Phi) is 6.82. The molecule has 28 heavy (non-hydrogen) atoms. The monoisotopic (exact) mass is 376 g/mol. The number of aliphatic hydroxyl groups excluding tert-OH is 1. The van der Waals surface area contributed by atoms with E-state index in [1.54, 1.807) is 0 Å². The summed E-state index contributed by atoms with van der Waals surface area (Å²) in [5.74, 6) is 0.0361. The first-order valence-electron chi connectivity index (χ1n) is 9.37. The van der Waals surface area contributed by atoms with E-state index in [9.17, 15) is 9.90 Å². The van der Waals surface area contributed by atoms with E-state index in [4.69, 9.17) is 9.84 Å². The lowest BCUT2D eigenvalue weighted by Gasteiger charge is -2.10. The van der Waals surface area contributed by atoms with E-state index < -0.39 is 5.97 Å². The Hall–Kier alpha value is -3.11. The van der Waals surface area contributed by atoms with Crippen molar-refractivity contribution < 1.29 is 19.7 Å². The fourth-order valence-corrected chi connectivity index (χ4v) is 3.06. The highest BCUT2D eigenvalue weighted by Crippen LogP contribution is 2.25. The van der Waals surface area contributed by atoms with Gasteiger partial charge in [0.15, 0.2) is 0 Å². The van der Waals surface area contributed by atoms with Gasteiger partial charge in [0.1, 0.15) is 12.4 Å². The lowest BCUT2D eigenvalue weighted by molar-refractivity contribution is -0.137. The van der Waals surface area contributed by atoms with Gasteiger partial charge in [0, 0.05) is 6.42 Å². The highest BCUT2D eigenvalue weighted by Gasteiger charge is 2.03. The number of carbonyl (C=O) groups is 1. The average Bonchev–Trinajstić information content (AvgIpc) is 2.73. The van der Waals surface area contributed by atoms with Gasteiger partial charge in [0.2, 0.25) is 0 Å². The Balaban J connectivity index is 1.63. The predicted molar refractivity (Wildman–Crippen MR) is 109 cm³/mol. The van der Waals surface area contributed by atoms with Crippen LogP contribution in [0.4, 0.5) is 0 Å². The van der Waals surface area contributed by atoms with Crippen LogP contribution in [0.15, 0.2) is 72.8 Å². The summed E-state index contributed by atoms with van der Waals surface area (Å²) in [5, 5.41) is 18.0. The summed E-state index contributed by atoms with van der Waals surface area (Å²) in [4.78, 5) is 10.6. The molecule has 0 aliphatic heterocycles. The quantitative estimate of drug-likeness (QED) is 0.561. The van der Waals surface area contributed by atoms with Crippen LogP contribution in [0.25, 0.3) is 11.1 Å². The summed E-state index contributed by atoms with van der Waals surface area (Å²) < 4.78 is 5.92. The van der Waals surface area contributed by atoms with Crippen molar-refractivity contribution in [2.45, 2.75) is 32.5 Å². The van der Waals surface area contributed by atoms with Gasteiger partial charge in [-0.25, -0.2) is 0 Å². The number of carboxylic acids is 1. The number of hydrogen-bond acceptors (Lipinski definition) is 3. The summed E-state index contributed by atoms with van der Waals surface area (Å²) in [6, 6.07) is 23.9. The molecule has 0 spiro atoms. The van der Waals surface area contributed by atoms with Crippen LogP contribution in [-0.4, -0.2) is 16.2 Å². The number of aliphatic carboxylic acids is 1. The van der Waals surface area contributed by atoms with Crippen LogP contribution in [0.2, 0.25) is 0 Å². The second-order valence-electron chi connectivity index (χ2n) is 6.74. The van der Waals surface area contributed by atoms with Crippen molar-refractivity contribution in [2.75, 3.05) is 0 Å². The molecule has 0 atom stereocenters. The van der Waals surface area contributed by atoms with Crippen LogP contribution in [-0.2, 0) is 24.4 Å². The maximum absolute atomic E-state index is 10.6. The Morgan fingerprint density at radius 1 is 0.821 bits per heavy atom. The van der Waals surface area contributed by atoms with E-state index in [2.05, 4.69) is 12.1 Å². The topological polar surface area (TPSA) is 66.8 Å². The van der Waals surface area contributed by atoms with Crippen LogP contribution in [0.5, 0.6) is 5.75 Å². The molecule has 0 aliphatic carbocycles. The molecule has 0 unspecified atom stereocenters. The van der Waals surface area contributed by atoms with Crippen LogP contribution in [0, 0.1) is 0 Å². The molecule has 4 heteroatoms. The number of carboxylic acid groups (broad SMARTS) is 1. The highest BCUT2D eigenvalue weighted by atomic mass is 16.5. The summed E-state index contributed by atoms with van der Waals surface area (Å²) in [5.41, 5.74) is 5.19. The van der Waals surface area contributed by atoms with Gasteiger partial charge in [-0.1, -0.05) is 60.7 Å². The summed E-state index contributed by atoms with van der Waals surface area (Å²) in [7, 11) is 0. The van der Waals surface area contributed by atoms with Gasteiger partial charge in [0.25, 0.3) is 0 Å². The molecule has 3 aromatic rings. The van der Waals surface area contributed by atoms with Crippen molar-refractivity contribution in [3.8, 4) is 16.9 Å². The number of benzene rings is 3. The Bertz CT molecular complexity index is 916. The van der Waals surface area contributed by atoms with E-state index in [1.807, 2.05) is 60.7 Å². The van der Waals surface area contributed by atoms with E-state index >= 15 is 0 Å². The second-order valence-corrected chi connectivity index (χ2v) is 6.74. The van der Waals surface area contributed by atoms with Crippen molar-refractivity contribution in [3.63, 3.8) is 0 Å². The maximum Gasteiger partial charge on any atom is 0.303 e. The molecular weight excluding hydrogens is 352 g/mol. The number of rotatable bonds is 9. The van der Waals surface area contributed by atoms with Gasteiger partial charge >= 0.3 is 5.97 Å². The van der Waals surface area contributed by atoms with Gasteiger partial charge < -0.3 is 14.9 Å². The number of hydrogen-bond donors (Lipinski definition) is 2. The third kappa shape index (κ3) is 5.69. The minimum atomic E-state index is -0.753. The largest absolute Gasteiger partial charge is 0.489 e. The Labute approximate surface area is 165 Å². The summed E-state index contributed by atoms with van der Waals surface area (Å²) >= 11 is 0. The number of aryl methyl sites for hydroxylation is 1. The molecule has 4 nitrogen and oxygen atoms in total. The molecule has 144 valence electrons. The lowest BCUT2D eigenvalue weighted by Crippen LogP contribution is -1.97. The molecule has 2 N–H and O–H groups in total. The van der Waals surface area contributed by atoms with Crippen molar-refractivity contribution in [3.05, 3.63) is 89.5 Å². The lowest BCUT2D eigenvalue weighted by atomic mass is 10.0. The Morgan fingerprint density at radius 3 is 2.32 bits per heavy atom. The molecule has 0 aromatic heterocycles. The Morgan fingerprint density at radius 2 is 1.57 bits per heavy atom. The molecule has 0 amide bonds.